The number of hydrogen-bond donors (Lipinski definition) is 1. The summed E-state index contributed by atoms with van der Waals surface area (Å²) in [5.41, 5.74) is 2.27. The largest absolute Gasteiger partial charge is 0.475 e. The fourth-order valence-electron chi connectivity index (χ4n) is 2.19. The van der Waals surface area contributed by atoms with Gasteiger partial charge in [-0.25, -0.2) is 0 Å². The highest BCUT2D eigenvalue weighted by molar-refractivity contribution is 5.58. The fourth-order valence-corrected chi connectivity index (χ4v) is 2.19. The fraction of sp³-hybridized carbons (Fsp3) is 0.231. The summed E-state index contributed by atoms with van der Waals surface area (Å²) < 4.78 is 5.78. The molecule has 0 amide bonds. The molecule has 3 rings (SSSR count). The molecule has 2 nitrogen and oxygen atoms in total. The molecule has 2 heteroatoms. The maximum absolute atomic E-state index is 5.78. The van der Waals surface area contributed by atoms with Crippen molar-refractivity contribution in [1.29, 1.82) is 0 Å². The van der Waals surface area contributed by atoms with E-state index in [4.69, 9.17) is 4.74 Å². The van der Waals surface area contributed by atoms with Gasteiger partial charge in [0.25, 0.3) is 0 Å². The van der Waals surface area contributed by atoms with Crippen LogP contribution in [0.1, 0.15) is 12.0 Å². The van der Waals surface area contributed by atoms with Crippen molar-refractivity contribution in [2.45, 2.75) is 18.6 Å². The minimum atomic E-state index is -0.257. The van der Waals surface area contributed by atoms with Crippen LogP contribution in [0, 0.1) is 0 Å². The second-order valence-electron chi connectivity index (χ2n) is 4.03. The molecule has 1 atom stereocenters. The summed E-state index contributed by atoms with van der Waals surface area (Å²) in [5, 5.41) is 3.47. The number of ether oxygens (including phenoxy) is 1. The molecule has 1 aromatic carbocycles. The molecule has 2 aliphatic heterocycles. The van der Waals surface area contributed by atoms with E-state index in [-0.39, 0.29) is 5.72 Å². The summed E-state index contributed by atoms with van der Waals surface area (Å²) in [5.74, 6) is 0. The second-order valence-corrected chi connectivity index (χ2v) is 4.03. The molecule has 0 radical (unpaired) electrons. The minimum Gasteiger partial charge on any atom is -0.475 e. The van der Waals surface area contributed by atoms with Crippen LogP contribution in [-0.4, -0.2) is 5.72 Å². The van der Waals surface area contributed by atoms with Crippen LogP contribution in [0.25, 0.3) is 0 Å². The molecule has 1 aromatic rings. The Morgan fingerprint density at radius 1 is 1.20 bits per heavy atom. The predicted octanol–water partition coefficient (Wildman–Crippen LogP) is 2.84. The van der Waals surface area contributed by atoms with Crippen molar-refractivity contribution in [3.05, 3.63) is 54.3 Å². The van der Waals surface area contributed by atoms with E-state index in [1.54, 1.807) is 6.26 Å². The normalized spacial score (nSPS) is 26.9. The quantitative estimate of drug-likeness (QED) is 0.693. The van der Waals surface area contributed by atoms with Gasteiger partial charge in [0.05, 0.1) is 6.26 Å². The van der Waals surface area contributed by atoms with Crippen molar-refractivity contribution in [3.8, 4) is 0 Å². The number of para-hydroxylation sites is 1. The van der Waals surface area contributed by atoms with Crippen LogP contribution >= 0.6 is 0 Å². The molecule has 1 unspecified atom stereocenters. The zero-order chi connectivity index (χ0) is 10.1. The third-order valence-electron chi connectivity index (χ3n) is 2.92. The van der Waals surface area contributed by atoms with Crippen LogP contribution in [0.4, 0.5) is 5.69 Å². The van der Waals surface area contributed by atoms with Crippen molar-refractivity contribution in [3.63, 3.8) is 0 Å². The zero-order valence-electron chi connectivity index (χ0n) is 8.44. The number of anilines is 1. The van der Waals surface area contributed by atoms with Gasteiger partial charge in [0.1, 0.15) is 0 Å². The van der Waals surface area contributed by atoms with Crippen LogP contribution in [0.15, 0.2) is 48.8 Å². The molecule has 2 aliphatic rings. The van der Waals surface area contributed by atoms with Crippen LogP contribution in [0.5, 0.6) is 0 Å². The smallest absolute Gasteiger partial charge is 0.187 e. The minimum absolute atomic E-state index is 0.257. The monoisotopic (exact) mass is 199 g/mol. The molecule has 0 aromatic heterocycles. The molecule has 0 fully saturated rings. The Kier molecular flexibility index (Phi) is 1.81. The molecule has 0 bridgehead atoms. The Balaban J connectivity index is 1.94. The van der Waals surface area contributed by atoms with Crippen molar-refractivity contribution < 1.29 is 4.74 Å². The molecular weight excluding hydrogens is 186 g/mol. The summed E-state index contributed by atoms with van der Waals surface area (Å²) in [6.45, 7) is 0. The lowest BCUT2D eigenvalue weighted by Gasteiger charge is -2.27. The van der Waals surface area contributed by atoms with Gasteiger partial charge in [-0.1, -0.05) is 30.4 Å². The Bertz CT molecular complexity index is 393. The number of allylic oxidation sites excluding steroid dienone is 2. The van der Waals surface area contributed by atoms with Crippen molar-refractivity contribution in [2.75, 3.05) is 5.32 Å². The Labute approximate surface area is 89.3 Å². The second kappa shape index (κ2) is 3.16. The van der Waals surface area contributed by atoms with Crippen LogP contribution in [0.3, 0.4) is 0 Å². The Hall–Kier alpha value is -1.70. The van der Waals surface area contributed by atoms with Gasteiger partial charge < -0.3 is 10.1 Å². The third kappa shape index (κ3) is 1.42. The first-order chi connectivity index (χ1) is 7.38. The van der Waals surface area contributed by atoms with Gasteiger partial charge in [-0.15, -0.1) is 0 Å². The lowest BCUT2D eigenvalue weighted by molar-refractivity contribution is 0.0600. The molecule has 1 N–H and O–H groups in total. The molecule has 15 heavy (non-hydrogen) atoms. The number of benzene rings is 1. The third-order valence-corrected chi connectivity index (χ3v) is 2.92. The van der Waals surface area contributed by atoms with E-state index in [9.17, 15) is 0 Å². The molecule has 0 aliphatic carbocycles. The first-order valence-electron chi connectivity index (χ1n) is 5.24. The standard InChI is InChI=1S/C13H13NO/c1-4-8-13(15-9-5-1)10-11-6-2-3-7-12(11)14-13/h1-7,9,14H,8,10H2. The van der Waals surface area contributed by atoms with Gasteiger partial charge in [0.15, 0.2) is 5.72 Å². The maximum Gasteiger partial charge on any atom is 0.187 e. The van der Waals surface area contributed by atoms with Crippen LogP contribution < -0.4 is 5.32 Å². The lowest BCUT2D eigenvalue weighted by atomic mass is 10.0. The molecular formula is C13H13NO. The maximum atomic E-state index is 5.78. The van der Waals surface area contributed by atoms with E-state index in [1.807, 2.05) is 18.2 Å². The highest BCUT2D eigenvalue weighted by Crippen LogP contribution is 2.36. The SMILES string of the molecule is C1=CCC2(Cc3ccccc3N2)OC=C1. The van der Waals surface area contributed by atoms with E-state index >= 15 is 0 Å². The van der Waals surface area contributed by atoms with Crippen molar-refractivity contribution in [1.82, 2.24) is 0 Å². The number of hydrogen-bond acceptors (Lipinski definition) is 2. The summed E-state index contributed by atoms with van der Waals surface area (Å²) in [6, 6.07) is 8.37. The van der Waals surface area contributed by atoms with Crippen molar-refractivity contribution in [2.24, 2.45) is 0 Å². The number of nitrogens with one attached hydrogen (secondary N) is 1. The van der Waals surface area contributed by atoms with Gasteiger partial charge in [-0.2, -0.15) is 0 Å². The van der Waals surface area contributed by atoms with E-state index in [0.717, 1.165) is 12.8 Å². The molecule has 76 valence electrons. The number of fused-ring (bicyclic) bond motifs is 1. The van der Waals surface area contributed by atoms with E-state index in [0.29, 0.717) is 0 Å². The molecule has 1 spiro atoms. The topological polar surface area (TPSA) is 21.3 Å². The van der Waals surface area contributed by atoms with E-state index in [1.165, 1.54) is 11.3 Å². The lowest BCUT2D eigenvalue weighted by Crippen LogP contribution is -2.37. The zero-order valence-corrected chi connectivity index (χ0v) is 8.44. The highest BCUT2D eigenvalue weighted by Gasteiger charge is 2.37. The Morgan fingerprint density at radius 2 is 2.13 bits per heavy atom. The van der Waals surface area contributed by atoms with E-state index < -0.39 is 0 Å². The summed E-state index contributed by atoms with van der Waals surface area (Å²) in [4.78, 5) is 0. The molecule has 0 saturated heterocycles. The summed E-state index contributed by atoms with van der Waals surface area (Å²) in [6.07, 6.45) is 9.69. The van der Waals surface area contributed by atoms with Crippen molar-refractivity contribution >= 4 is 5.69 Å². The average Bonchev–Trinajstić information content (AvgIpc) is 2.45. The van der Waals surface area contributed by atoms with Gasteiger partial charge in [-0.3, -0.25) is 0 Å². The van der Waals surface area contributed by atoms with Gasteiger partial charge in [0, 0.05) is 18.5 Å². The summed E-state index contributed by atoms with van der Waals surface area (Å²) in [7, 11) is 0. The Morgan fingerprint density at radius 3 is 3.07 bits per heavy atom. The number of rotatable bonds is 0. The van der Waals surface area contributed by atoms with Crippen LogP contribution in [-0.2, 0) is 11.2 Å². The van der Waals surface area contributed by atoms with Gasteiger partial charge in [-0.05, 0) is 17.7 Å². The first kappa shape index (κ1) is 8.60. The molecule has 2 heterocycles. The van der Waals surface area contributed by atoms with Gasteiger partial charge >= 0.3 is 0 Å². The highest BCUT2D eigenvalue weighted by atomic mass is 16.5. The molecule has 0 saturated carbocycles. The van der Waals surface area contributed by atoms with Crippen LogP contribution in [0.2, 0.25) is 0 Å². The summed E-state index contributed by atoms with van der Waals surface area (Å²) >= 11 is 0. The predicted molar refractivity (Wildman–Crippen MR) is 60.5 cm³/mol. The first-order valence-corrected chi connectivity index (χ1v) is 5.24. The average molecular weight is 199 g/mol. The van der Waals surface area contributed by atoms with E-state index in [2.05, 4.69) is 29.6 Å². The van der Waals surface area contributed by atoms with Gasteiger partial charge in [0.2, 0.25) is 0 Å².